The van der Waals surface area contributed by atoms with E-state index in [9.17, 15) is 9.59 Å². The quantitative estimate of drug-likeness (QED) is 0.442. The first-order valence-electron chi connectivity index (χ1n) is 9.46. The van der Waals surface area contributed by atoms with Gasteiger partial charge in [-0.1, -0.05) is 12.1 Å². The van der Waals surface area contributed by atoms with Gasteiger partial charge < -0.3 is 15.8 Å². The fourth-order valence-corrected chi connectivity index (χ4v) is 2.91. The maximum atomic E-state index is 12.6. The van der Waals surface area contributed by atoms with Crippen molar-refractivity contribution < 1.29 is 14.3 Å². The van der Waals surface area contributed by atoms with Gasteiger partial charge in [0.1, 0.15) is 17.3 Å². The summed E-state index contributed by atoms with van der Waals surface area (Å²) in [7, 11) is 0. The summed E-state index contributed by atoms with van der Waals surface area (Å²) in [6.45, 7) is 1.83. The van der Waals surface area contributed by atoms with Crippen molar-refractivity contribution in [2.75, 3.05) is 5.32 Å². The molecule has 154 valence electrons. The molecule has 0 saturated carbocycles. The molecular formula is C23H19N5O3. The number of nitrogens with one attached hydrogen (secondary N) is 2. The van der Waals surface area contributed by atoms with Crippen molar-refractivity contribution in [2.24, 2.45) is 5.73 Å². The largest absolute Gasteiger partial charge is 0.457 e. The Morgan fingerprint density at radius 1 is 0.935 bits per heavy atom. The van der Waals surface area contributed by atoms with Gasteiger partial charge in [0.25, 0.3) is 5.91 Å². The number of hydrogen-bond donors (Lipinski definition) is 3. The molecule has 1 heterocycles. The zero-order valence-electron chi connectivity index (χ0n) is 16.6. The summed E-state index contributed by atoms with van der Waals surface area (Å²) in [5.41, 5.74) is 7.55. The maximum Gasteiger partial charge on any atom is 0.255 e. The van der Waals surface area contributed by atoms with E-state index in [4.69, 9.17) is 10.5 Å². The maximum absolute atomic E-state index is 12.6. The Labute approximate surface area is 178 Å². The van der Waals surface area contributed by atoms with Crippen LogP contribution in [0.5, 0.6) is 11.5 Å². The second-order valence-corrected chi connectivity index (χ2v) is 6.79. The molecule has 31 heavy (non-hydrogen) atoms. The predicted octanol–water partition coefficient (Wildman–Crippen LogP) is 3.92. The van der Waals surface area contributed by atoms with Crippen LogP contribution in [-0.4, -0.2) is 27.0 Å². The molecule has 4 rings (SSSR count). The smallest absolute Gasteiger partial charge is 0.255 e. The monoisotopic (exact) mass is 413 g/mol. The van der Waals surface area contributed by atoms with Crippen LogP contribution in [-0.2, 0) is 0 Å². The van der Waals surface area contributed by atoms with Crippen LogP contribution in [0.2, 0.25) is 0 Å². The van der Waals surface area contributed by atoms with Crippen molar-refractivity contribution in [3.63, 3.8) is 0 Å². The third-order valence-corrected chi connectivity index (χ3v) is 4.47. The number of nitrogens with two attached hydrogens (primary N) is 1. The Hall–Kier alpha value is -4.46. The number of benzene rings is 3. The number of hydrogen-bond acceptors (Lipinski definition) is 5. The molecule has 4 N–H and O–H groups in total. The molecule has 0 aliphatic carbocycles. The van der Waals surface area contributed by atoms with Crippen LogP contribution in [0.1, 0.15) is 26.5 Å². The number of aromatic nitrogens is 3. The van der Waals surface area contributed by atoms with Crippen molar-refractivity contribution in [3.8, 4) is 22.9 Å². The highest BCUT2D eigenvalue weighted by molar-refractivity contribution is 6.04. The number of ether oxygens (including phenoxy) is 1. The van der Waals surface area contributed by atoms with Crippen LogP contribution in [0.25, 0.3) is 11.4 Å². The van der Waals surface area contributed by atoms with Crippen molar-refractivity contribution >= 4 is 17.5 Å². The highest BCUT2D eigenvalue weighted by Crippen LogP contribution is 2.23. The normalized spacial score (nSPS) is 10.5. The van der Waals surface area contributed by atoms with Gasteiger partial charge in [-0.3, -0.25) is 14.7 Å². The van der Waals surface area contributed by atoms with Crippen LogP contribution < -0.4 is 15.8 Å². The lowest BCUT2D eigenvalue weighted by Crippen LogP contribution is -2.11. The first-order chi connectivity index (χ1) is 15.0. The molecule has 3 aromatic carbocycles. The molecule has 8 heteroatoms. The summed E-state index contributed by atoms with van der Waals surface area (Å²) in [4.78, 5) is 28.0. The van der Waals surface area contributed by atoms with Crippen LogP contribution in [0.15, 0.2) is 72.8 Å². The fourth-order valence-electron chi connectivity index (χ4n) is 2.91. The van der Waals surface area contributed by atoms with E-state index >= 15 is 0 Å². The van der Waals surface area contributed by atoms with Gasteiger partial charge >= 0.3 is 0 Å². The van der Waals surface area contributed by atoms with Crippen molar-refractivity contribution in [3.05, 3.63) is 89.7 Å². The van der Waals surface area contributed by atoms with E-state index in [1.54, 1.807) is 54.6 Å². The lowest BCUT2D eigenvalue weighted by molar-refractivity contribution is 0.0997. The summed E-state index contributed by atoms with van der Waals surface area (Å²) in [6.07, 6.45) is 0. The summed E-state index contributed by atoms with van der Waals surface area (Å²) >= 11 is 0. The molecule has 0 bridgehead atoms. The van der Waals surface area contributed by atoms with Gasteiger partial charge in [-0.15, -0.1) is 0 Å². The summed E-state index contributed by atoms with van der Waals surface area (Å²) in [5, 5.41) is 9.81. The first-order valence-corrected chi connectivity index (χ1v) is 9.46. The number of rotatable bonds is 6. The Morgan fingerprint density at radius 3 is 2.16 bits per heavy atom. The minimum Gasteiger partial charge on any atom is -0.457 e. The second kappa shape index (κ2) is 8.50. The number of anilines is 1. The average molecular weight is 413 g/mol. The van der Waals surface area contributed by atoms with Crippen LogP contribution in [0, 0.1) is 6.92 Å². The molecule has 2 amide bonds. The summed E-state index contributed by atoms with van der Waals surface area (Å²) in [6, 6.07) is 20.6. The zero-order valence-corrected chi connectivity index (χ0v) is 16.6. The van der Waals surface area contributed by atoms with Crippen LogP contribution in [0.3, 0.4) is 0 Å². The van der Waals surface area contributed by atoms with Gasteiger partial charge in [-0.25, -0.2) is 4.98 Å². The van der Waals surface area contributed by atoms with E-state index in [1.807, 2.05) is 25.1 Å². The number of carbonyl (C=O) groups is 2. The molecule has 0 unspecified atom stereocenters. The molecule has 0 saturated heterocycles. The van der Waals surface area contributed by atoms with E-state index < -0.39 is 5.91 Å². The lowest BCUT2D eigenvalue weighted by Gasteiger charge is -2.09. The van der Waals surface area contributed by atoms with Gasteiger partial charge in [0.05, 0.1) is 0 Å². The number of aryl methyl sites for hydroxylation is 1. The van der Waals surface area contributed by atoms with E-state index in [1.165, 1.54) is 0 Å². The van der Waals surface area contributed by atoms with E-state index in [-0.39, 0.29) is 5.91 Å². The number of H-pyrrole nitrogens is 1. The van der Waals surface area contributed by atoms with Crippen molar-refractivity contribution in [1.82, 2.24) is 15.2 Å². The molecule has 0 radical (unpaired) electrons. The molecule has 8 nitrogen and oxygen atoms in total. The Balaban J connectivity index is 1.42. The lowest BCUT2D eigenvalue weighted by atomic mass is 10.1. The van der Waals surface area contributed by atoms with Gasteiger partial charge in [0.15, 0.2) is 5.82 Å². The number of aromatic amines is 1. The van der Waals surface area contributed by atoms with Gasteiger partial charge in [0.2, 0.25) is 5.91 Å². The fraction of sp³-hybridized carbons (Fsp3) is 0.0435. The average Bonchev–Trinajstić information content (AvgIpc) is 3.21. The van der Waals surface area contributed by atoms with Crippen molar-refractivity contribution in [2.45, 2.75) is 6.92 Å². The Kier molecular flexibility index (Phi) is 5.44. The molecule has 0 fully saturated rings. The van der Waals surface area contributed by atoms with Gasteiger partial charge in [-0.2, -0.15) is 5.10 Å². The number of amides is 2. The topological polar surface area (TPSA) is 123 Å². The third kappa shape index (κ3) is 4.76. The standard InChI is InChI=1S/C23H19N5O3/c1-14-25-22(28-27-14)17-3-2-4-18(13-17)26-23(30)16-7-11-20(12-8-16)31-19-9-5-15(6-10-19)21(24)29/h2-13H,1H3,(H2,24,29)(H,26,30)(H,25,27,28). The van der Waals surface area contributed by atoms with E-state index in [0.717, 1.165) is 11.4 Å². The Bertz CT molecular complexity index is 1230. The SMILES string of the molecule is Cc1nc(-c2cccc(NC(=O)c3ccc(Oc4ccc(C(N)=O)cc4)cc3)c2)n[nH]1. The van der Waals surface area contributed by atoms with Gasteiger partial charge in [0, 0.05) is 22.4 Å². The molecule has 1 aromatic heterocycles. The van der Waals surface area contributed by atoms with Crippen LogP contribution in [0.4, 0.5) is 5.69 Å². The molecule has 0 aliphatic heterocycles. The predicted molar refractivity (Wildman–Crippen MR) is 116 cm³/mol. The minimum atomic E-state index is -0.497. The third-order valence-electron chi connectivity index (χ3n) is 4.47. The van der Waals surface area contributed by atoms with E-state index in [0.29, 0.717) is 34.1 Å². The Morgan fingerprint density at radius 2 is 1.58 bits per heavy atom. The highest BCUT2D eigenvalue weighted by Gasteiger charge is 2.09. The molecular weight excluding hydrogens is 394 g/mol. The molecule has 0 aliphatic rings. The zero-order chi connectivity index (χ0) is 21.8. The summed E-state index contributed by atoms with van der Waals surface area (Å²) < 4.78 is 5.73. The number of nitrogens with zero attached hydrogens (tertiary/aromatic N) is 2. The molecule has 4 aromatic rings. The second-order valence-electron chi connectivity index (χ2n) is 6.79. The van der Waals surface area contributed by atoms with Crippen LogP contribution >= 0.6 is 0 Å². The van der Waals surface area contributed by atoms with Gasteiger partial charge in [-0.05, 0) is 67.6 Å². The number of carbonyl (C=O) groups excluding carboxylic acids is 2. The van der Waals surface area contributed by atoms with E-state index in [2.05, 4.69) is 20.5 Å². The molecule has 0 spiro atoms. The first kappa shape index (κ1) is 19.8. The molecule has 0 atom stereocenters. The summed E-state index contributed by atoms with van der Waals surface area (Å²) in [5.74, 6) is 1.66. The minimum absolute atomic E-state index is 0.249. The number of primary amides is 1. The highest BCUT2D eigenvalue weighted by atomic mass is 16.5. The van der Waals surface area contributed by atoms with Crippen molar-refractivity contribution in [1.29, 1.82) is 0 Å².